The summed E-state index contributed by atoms with van der Waals surface area (Å²) in [5.41, 5.74) is 0. The predicted molar refractivity (Wildman–Crippen MR) is 248 cm³/mol. The SMILES string of the molecule is CCCCC/C=C\C/C=C\C/C=C\CCCCC(=O)OCC(COP(=O)(O)OCCN(C)C)OC(=O)CCCCCCCCCCCCCCCCCCCCCCC. The molecule has 0 heterocycles. The van der Waals surface area contributed by atoms with Crippen molar-refractivity contribution in [2.24, 2.45) is 0 Å². The number of ether oxygens (including phenoxy) is 2. The van der Waals surface area contributed by atoms with Crippen LogP contribution in [0.1, 0.15) is 219 Å². The summed E-state index contributed by atoms with van der Waals surface area (Å²) in [5, 5.41) is 0. The number of hydrogen-bond acceptors (Lipinski definition) is 8. The lowest BCUT2D eigenvalue weighted by atomic mass is 10.0. The van der Waals surface area contributed by atoms with Crippen LogP contribution in [0.5, 0.6) is 0 Å². The fourth-order valence-corrected chi connectivity index (χ4v) is 7.44. The third kappa shape index (κ3) is 45.6. The highest BCUT2D eigenvalue weighted by molar-refractivity contribution is 7.47. The molecule has 0 aromatic rings. The van der Waals surface area contributed by atoms with E-state index in [0.717, 1.165) is 44.9 Å². The smallest absolute Gasteiger partial charge is 0.462 e. The second kappa shape index (κ2) is 44.3. The molecule has 2 atom stereocenters. The van der Waals surface area contributed by atoms with Crippen LogP contribution in [-0.4, -0.2) is 68.3 Å². The number of likely N-dealkylation sites (N-methyl/N-ethyl adjacent to an activating group) is 1. The van der Waals surface area contributed by atoms with E-state index in [0.29, 0.717) is 19.4 Å². The number of esters is 2. The molecule has 0 fully saturated rings. The first-order valence-electron chi connectivity index (χ1n) is 24.3. The zero-order valence-electron chi connectivity index (χ0n) is 38.7. The molecule has 59 heavy (non-hydrogen) atoms. The van der Waals surface area contributed by atoms with Gasteiger partial charge in [-0.25, -0.2) is 4.57 Å². The van der Waals surface area contributed by atoms with Crippen LogP contribution < -0.4 is 0 Å². The van der Waals surface area contributed by atoms with Crippen LogP contribution in [0.3, 0.4) is 0 Å². The van der Waals surface area contributed by atoms with Crippen molar-refractivity contribution in [3.05, 3.63) is 36.5 Å². The minimum atomic E-state index is -4.37. The van der Waals surface area contributed by atoms with E-state index in [9.17, 15) is 19.0 Å². The minimum Gasteiger partial charge on any atom is -0.462 e. The van der Waals surface area contributed by atoms with Crippen LogP contribution in [0.25, 0.3) is 0 Å². The molecule has 0 saturated carbocycles. The number of phosphoric acid groups is 1. The summed E-state index contributed by atoms with van der Waals surface area (Å²) in [6, 6.07) is 0. The summed E-state index contributed by atoms with van der Waals surface area (Å²) in [5.74, 6) is -0.839. The highest BCUT2D eigenvalue weighted by Gasteiger charge is 2.26. The van der Waals surface area contributed by atoms with Gasteiger partial charge in [0.05, 0.1) is 13.2 Å². The molecule has 346 valence electrons. The summed E-state index contributed by atoms with van der Waals surface area (Å²) >= 11 is 0. The van der Waals surface area contributed by atoms with Crippen LogP contribution in [-0.2, 0) is 32.7 Å². The molecule has 0 amide bonds. The molecular formula is C49H92NO8P. The molecule has 9 nitrogen and oxygen atoms in total. The molecular weight excluding hydrogens is 762 g/mol. The van der Waals surface area contributed by atoms with Crippen LogP contribution in [0.15, 0.2) is 36.5 Å². The number of nitrogens with zero attached hydrogens (tertiary/aromatic N) is 1. The molecule has 0 radical (unpaired) electrons. The maximum absolute atomic E-state index is 12.7. The molecule has 10 heteroatoms. The van der Waals surface area contributed by atoms with Gasteiger partial charge in [-0.2, -0.15) is 0 Å². The van der Waals surface area contributed by atoms with Crippen LogP contribution in [0, 0.1) is 0 Å². The van der Waals surface area contributed by atoms with Gasteiger partial charge in [0.1, 0.15) is 6.61 Å². The Morgan fingerprint density at radius 1 is 0.525 bits per heavy atom. The Hall–Kier alpha value is -1.77. The first-order chi connectivity index (χ1) is 28.7. The van der Waals surface area contributed by atoms with E-state index in [2.05, 4.69) is 50.3 Å². The fraction of sp³-hybridized carbons (Fsp3) is 0.837. The van der Waals surface area contributed by atoms with Crippen LogP contribution in [0.4, 0.5) is 0 Å². The van der Waals surface area contributed by atoms with Gasteiger partial charge in [-0.1, -0.05) is 192 Å². The van der Waals surface area contributed by atoms with Crippen molar-refractivity contribution < 1.29 is 37.6 Å². The van der Waals surface area contributed by atoms with Gasteiger partial charge in [0.25, 0.3) is 0 Å². The Bertz CT molecular complexity index is 1080. The lowest BCUT2D eigenvalue weighted by Crippen LogP contribution is -2.29. The molecule has 1 N–H and O–H groups in total. The van der Waals surface area contributed by atoms with E-state index in [1.54, 1.807) is 0 Å². The highest BCUT2D eigenvalue weighted by atomic mass is 31.2. The van der Waals surface area contributed by atoms with Crippen molar-refractivity contribution in [3.8, 4) is 0 Å². The van der Waals surface area contributed by atoms with E-state index in [-0.39, 0.29) is 26.1 Å². The van der Waals surface area contributed by atoms with Gasteiger partial charge in [0.2, 0.25) is 0 Å². The zero-order valence-corrected chi connectivity index (χ0v) is 39.6. The van der Waals surface area contributed by atoms with Gasteiger partial charge in [-0.05, 0) is 65.5 Å². The van der Waals surface area contributed by atoms with E-state index in [4.69, 9.17) is 18.5 Å². The average Bonchev–Trinajstić information content (AvgIpc) is 3.20. The maximum atomic E-state index is 12.7. The third-order valence-electron chi connectivity index (χ3n) is 10.4. The molecule has 0 aliphatic carbocycles. The number of carbonyl (C=O) groups is 2. The van der Waals surface area contributed by atoms with Crippen LogP contribution >= 0.6 is 7.82 Å². The van der Waals surface area contributed by atoms with Crippen molar-refractivity contribution in [1.82, 2.24) is 4.90 Å². The molecule has 0 rings (SSSR count). The maximum Gasteiger partial charge on any atom is 0.472 e. The van der Waals surface area contributed by atoms with Gasteiger partial charge in [0, 0.05) is 19.4 Å². The number of hydrogen-bond donors (Lipinski definition) is 1. The predicted octanol–water partition coefficient (Wildman–Crippen LogP) is 14.3. The molecule has 0 saturated heterocycles. The molecule has 0 aromatic heterocycles. The summed E-state index contributed by atoms with van der Waals surface area (Å²) in [4.78, 5) is 37.1. The molecule has 0 aliphatic heterocycles. The minimum absolute atomic E-state index is 0.00241. The topological polar surface area (TPSA) is 112 Å². The molecule has 0 aliphatic rings. The molecule has 0 spiro atoms. The first-order valence-corrected chi connectivity index (χ1v) is 25.8. The zero-order chi connectivity index (χ0) is 43.3. The molecule has 0 aromatic carbocycles. The Kier molecular flexibility index (Phi) is 43.0. The molecule has 2 unspecified atom stereocenters. The summed E-state index contributed by atoms with van der Waals surface area (Å²) in [7, 11) is -0.724. The van der Waals surface area contributed by atoms with Gasteiger partial charge >= 0.3 is 19.8 Å². The van der Waals surface area contributed by atoms with E-state index in [1.165, 1.54) is 135 Å². The highest BCUT2D eigenvalue weighted by Crippen LogP contribution is 2.43. The Labute approximate surface area is 363 Å². The second-order valence-corrected chi connectivity index (χ2v) is 18.1. The number of carbonyl (C=O) groups excluding carboxylic acids is 2. The van der Waals surface area contributed by atoms with Gasteiger partial charge in [-0.15, -0.1) is 0 Å². The third-order valence-corrected chi connectivity index (χ3v) is 11.4. The average molecular weight is 854 g/mol. The van der Waals surface area contributed by atoms with Gasteiger partial charge in [-0.3, -0.25) is 18.6 Å². The normalized spacial score (nSPS) is 13.6. The largest absolute Gasteiger partial charge is 0.472 e. The van der Waals surface area contributed by atoms with Crippen molar-refractivity contribution in [3.63, 3.8) is 0 Å². The first kappa shape index (κ1) is 57.2. The number of unbranched alkanes of at least 4 members (excludes halogenated alkanes) is 25. The van der Waals surface area contributed by atoms with Crippen LogP contribution in [0.2, 0.25) is 0 Å². The van der Waals surface area contributed by atoms with Gasteiger partial charge < -0.3 is 19.3 Å². The molecule has 0 bridgehead atoms. The quantitative estimate of drug-likeness (QED) is 0.0277. The summed E-state index contributed by atoms with van der Waals surface area (Å²) in [6.07, 6.45) is 49.1. The lowest BCUT2D eigenvalue weighted by molar-refractivity contribution is -0.161. The summed E-state index contributed by atoms with van der Waals surface area (Å²) in [6.45, 7) is 4.28. The Morgan fingerprint density at radius 2 is 0.915 bits per heavy atom. The Morgan fingerprint density at radius 3 is 1.39 bits per heavy atom. The monoisotopic (exact) mass is 854 g/mol. The van der Waals surface area contributed by atoms with Gasteiger partial charge in [0.15, 0.2) is 6.10 Å². The fourth-order valence-electron chi connectivity index (χ4n) is 6.70. The van der Waals surface area contributed by atoms with Crippen molar-refractivity contribution >= 4 is 19.8 Å². The Balaban J connectivity index is 4.22. The standard InChI is InChI=1S/C49H92NO8P/c1-5-7-9-11-13-15-17-19-21-22-23-24-25-26-28-30-32-34-36-38-40-42-49(52)58-47(46-57-59(53,54)56-44-43-50(3)4)45-55-48(51)41-39-37-35-33-31-29-27-20-18-16-14-12-10-8-6-2/h14,16,20,27,31,33,47H,5-13,15,17-19,21-26,28-30,32,34-46H2,1-4H3,(H,53,54)/b16-14-,27-20-,33-31-. The number of phosphoric ester groups is 1. The van der Waals surface area contributed by atoms with E-state index >= 15 is 0 Å². The van der Waals surface area contributed by atoms with Crippen molar-refractivity contribution in [2.75, 3.05) is 40.5 Å². The van der Waals surface area contributed by atoms with E-state index < -0.39 is 32.5 Å². The van der Waals surface area contributed by atoms with E-state index in [1.807, 2.05) is 19.0 Å². The lowest BCUT2D eigenvalue weighted by Gasteiger charge is -2.20. The van der Waals surface area contributed by atoms with Crippen molar-refractivity contribution in [1.29, 1.82) is 0 Å². The number of allylic oxidation sites excluding steroid dienone is 6. The summed E-state index contributed by atoms with van der Waals surface area (Å²) < 4.78 is 33.5. The van der Waals surface area contributed by atoms with Crippen molar-refractivity contribution in [2.45, 2.75) is 225 Å². The number of rotatable bonds is 45. The second-order valence-electron chi connectivity index (χ2n) is 16.6.